The Kier molecular flexibility index (Phi) is 6.30. The van der Waals surface area contributed by atoms with Crippen molar-refractivity contribution in [3.05, 3.63) is 35.9 Å². The van der Waals surface area contributed by atoms with Crippen molar-refractivity contribution in [1.29, 1.82) is 0 Å². The second kappa shape index (κ2) is 8.28. The van der Waals surface area contributed by atoms with Crippen LogP contribution >= 0.6 is 0 Å². The molecule has 1 heterocycles. The Morgan fingerprint density at radius 2 is 1.85 bits per heavy atom. The molecule has 8 nitrogen and oxygen atoms in total. The van der Waals surface area contributed by atoms with E-state index in [1.54, 1.807) is 27.8 Å². The fourth-order valence-corrected chi connectivity index (χ4v) is 2.86. The first-order valence-electron chi connectivity index (χ1n) is 8.81. The zero-order chi connectivity index (χ0) is 20.2. The van der Waals surface area contributed by atoms with Gasteiger partial charge in [0.05, 0.1) is 6.04 Å². The van der Waals surface area contributed by atoms with Gasteiger partial charge >= 0.3 is 12.2 Å². The van der Waals surface area contributed by atoms with E-state index in [-0.39, 0.29) is 19.6 Å². The molecule has 0 spiro atoms. The number of likely N-dealkylation sites (N-methyl/N-ethyl adjacent to an activating group) is 1. The van der Waals surface area contributed by atoms with Gasteiger partial charge in [0.15, 0.2) is 0 Å². The molecule has 1 saturated heterocycles. The van der Waals surface area contributed by atoms with E-state index in [4.69, 9.17) is 15.2 Å². The normalized spacial score (nSPS) is 19.5. The highest BCUT2D eigenvalue weighted by Gasteiger charge is 2.43. The average Bonchev–Trinajstić information content (AvgIpc) is 3.04. The number of likely N-dealkylation sites (tertiary alicyclic amines) is 1. The van der Waals surface area contributed by atoms with E-state index < -0.39 is 35.8 Å². The van der Waals surface area contributed by atoms with E-state index in [1.165, 1.54) is 9.80 Å². The summed E-state index contributed by atoms with van der Waals surface area (Å²) in [5, 5.41) is 0. The van der Waals surface area contributed by atoms with Crippen LogP contribution in [-0.4, -0.2) is 59.2 Å². The van der Waals surface area contributed by atoms with Crippen LogP contribution < -0.4 is 5.73 Å². The predicted molar refractivity (Wildman–Crippen MR) is 98.7 cm³/mol. The van der Waals surface area contributed by atoms with Crippen molar-refractivity contribution in [3.63, 3.8) is 0 Å². The summed E-state index contributed by atoms with van der Waals surface area (Å²) in [5.41, 5.74) is 5.61. The fraction of sp³-hybridized carbons (Fsp3) is 0.526. The van der Waals surface area contributed by atoms with Crippen molar-refractivity contribution in [2.75, 3.05) is 13.6 Å². The number of amides is 3. The topological polar surface area (TPSA) is 102 Å². The maximum atomic E-state index is 12.4. The van der Waals surface area contributed by atoms with Crippen LogP contribution in [0.1, 0.15) is 32.8 Å². The number of nitrogens with two attached hydrogens (primary N) is 1. The lowest BCUT2D eigenvalue weighted by molar-refractivity contribution is -0.122. The van der Waals surface area contributed by atoms with Crippen LogP contribution in [0.5, 0.6) is 0 Å². The summed E-state index contributed by atoms with van der Waals surface area (Å²) in [7, 11) is 1.58. The van der Waals surface area contributed by atoms with Gasteiger partial charge < -0.3 is 20.1 Å². The second-order valence-electron chi connectivity index (χ2n) is 7.59. The van der Waals surface area contributed by atoms with Gasteiger partial charge in [-0.2, -0.15) is 0 Å². The van der Waals surface area contributed by atoms with Gasteiger partial charge in [-0.1, -0.05) is 30.3 Å². The minimum Gasteiger partial charge on any atom is -0.445 e. The highest BCUT2D eigenvalue weighted by molar-refractivity contribution is 5.85. The molecule has 27 heavy (non-hydrogen) atoms. The molecular weight excluding hydrogens is 350 g/mol. The molecule has 0 bridgehead atoms. The van der Waals surface area contributed by atoms with Crippen LogP contribution in [0.25, 0.3) is 0 Å². The summed E-state index contributed by atoms with van der Waals surface area (Å²) < 4.78 is 10.7. The molecule has 0 aliphatic carbocycles. The summed E-state index contributed by atoms with van der Waals surface area (Å²) in [5.74, 6) is -0.630. The van der Waals surface area contributed by atoms with E-state index in [0.717, 1.165) is 5.56 Å². The Hall–Kier alpha value is -2.77. The van der Waals surface area contributed by atoms with Crippen LogP contribution in [0.2, 0.25) is 0 Å². The van der Waals surface area contributed by atoms with Gasteiger partial charge in [0.25, 0.3) is 0 Å². The largest absolute Gasteiger partial charge is 0.445 e. The average molecular weight is 377 g/mol. The van der Waals surface area contributed by atoms with Crippen LogP contribution in [0.3, 0.4) is 0 Å². The van der Waals surface area contributed by atoms with Gasteiger partial charge in [0.1, 0.15) is 18.2 Å². The fourth-order valence-electron chi connectivity index (χ4n) is 2.86. The predicted octanol–water partition coefficient (Wildman–Crippen LogP) is 2.12. The molecule has 1 aliphatic heterocycles. The number of benzene rings is 1. The quantitative estimate of drug-likeness (QED) is 0.866. The summed E-state index contributed by atoms with van der Waals surface area (Å²) in [6, 6.07) is 8.10. The molecule has 8 heteroatoms. The van der Waals surface area contributed by atoms with E-state index >= 15 is 0 Å². The number of nitrogens with zero attached hydrogens (tertiary/aromatic N) is 2. The smallest absolute Gasteiger partial charge is 0.411 e. The van der Waals surface area contributed by atoms with Crippen molar-refractivity contribution in [1.82, 2.24) is 9.80 Å². The minimum absolute atomic E-state index is 0.145. The molecule has 3 amide bonds. The van der Waals surface area contributed by atoms with Gasteiger partial charge in [-0.3, -0.25) is 9.69 Å². The first-order valence-corrected chi connectivity index (χ1v) is 8.81. The van der Waals surface area contributed by atoms with Gasteiger partial charge in [0, 0.05) is 13.6 Å². The van der Waals surface area contributed by atoms with E-state index in [1.807, 2.05) is 30.3 Å². The first-order chi connectivity index (χ1) is 12.6. The Balaban J connectivity index is 1.99. The lowest BCUT2D eigenvalue weighted by Crippen LogP contribution is -2.46. The van der Waals surface area contributed by atoms with Crippen LogP contribution in [0.15, 0.2) is 30.3 Å². The Labute approximate surface area is 159 Å². The standard InChI is InChI=1S/C19H27N3O5/c1-19(2,3)27-18(25)22-11-14(10-15(22)16(20)23)21(4)17(24)26-12-13-8-6-5-7-9-13/h5-9,14-15H,10-12H2,1-4H3,(H2,20,23)/t14-,15-/m1/s1. The highest BCUT2D eigenvalue weighted by Crippen LogP contribution is 2.24. The van der Waals surface area contributed by atoms with E-state index in [0.29, 0.717) is 0 Å². The molecule has 1 fully saturated rings. The number of rotatable bonds is 4. The Bertz CT molecular complexity index is 686. The summed E-state index contributed by atoms with van der Waals surface area (Å²) in [6.07, 6.45) is -0.913. The molecule has 2 atom stereocenters. The third-order valence-electron chi connectivity index (χ3n) is 4.28. The van der Waals surface area contributed by atoms with Crippen molar-refractivity contribution in [3.8, 4) is 0 Å². The minimum atomic E-state index is -0.825. The molecule has 0 radical (unpaired) electrons. The maximum Gasteiger partial charge on any atom is 0.411 e. The first kappa shape index (κ1) is 20.5. The van der Waals surface area contributed by atoms with Crippen molar-refractivity contribution >= 4 is 18.1 Å². The van der Waals surface area contributed by atoms with Crippen LogP contribution in [-0.2, 0) is 20.9 Å². The Morgan fingerprint density at radius 1 is 1.22 bits per heavy atom. The van der Waals surface area contributed by atoms with Crippen molar-refractivity contribution < 1.29 is 23.9 Å². The molecular formula is C19H27N3O5. The molecule has 0 unspecified atom stereocenters. The molecule has 2 rings (SSSR count). The van der Waals surface area contributed by atoms with Gasteiger partial charge in [0.2, 0.25) is 5.91 Å². The molecule has 1 aromatic carbocycles. The summed E-state index contributed by atoms with van der Waals surface area (Å²) >= 11 is 0. The summed E-state index contributed by atoms with van der Waals surface area (Å²) in [6.45, 7) is 5.52. The lowest BCUT2D eigenvalue weighted by atomic mass is 10.1. The molecule has 148 valence electrons. The number of hydrogen-bond donors (Lipinski definition) is 1. The van der Waals surface area contributed by atoms with Gasteiger partial charge in [-0.25, -0.2) is 9.59 Å². The molecule has 1 aliphatic rings. The highest BCUT2D eigenvalue weighted by atomic mass is 16.6. The second-order valence-corrected chi connectivity index (χ2v) is 7.59. The molecule has 0 aromatic heterocycles. The van der Waals surface area contributed by atoms with Crippen molar-refractivity contribution in [2.24, 2.45) is 5.73 Å². The van der Waals surface area contributed by atoms with Crippen LogP contribution in [0, 0.1) is 0 Å². The number of primary amides is 1. The maximum absolute atomic E-state index is 12.4. The van der Waals surface area contributed by atoms with Crippen molar-refractivity contribution in [2.45, 2.75) is 51.5 Å². The lowest BCUT2D eigenvalue weighted by Gasteiger charge is -2.27. The van der Waals surface area contributed by atoms with E-state index in [2.05, 4.69) is 0 Å². The Morgan fingerprint density at radius 3 is 2.41 bits per heavy atom. The van der Waals surface area contributed by atoms with Gasteiger partial charge in [-0.15, -0.1) is 0 Å². The molecule has 1 aromatic rings. The zero-order valence-corrected chi connectivity index (χ0v) is 16.2. The SMILES string of the molecule is CN(C(=O)OCc1ccccc1)[C@@H]1C[C@H](C(N)=O)N(C(=O)OC(C)(C)C)C1. The van der Waals surface area contributed by atoms with Gasteiger partial charge in [-0.05, 0) is 32.8 Å². The summed E-state index contributed by atoms with van der Waals surface area (Å²) in [4.78, 5) is 39.2. The monoisotopic (exact) mass is 377 g/mol. The van der Waals surface area contributed by atoms with Crippen LogP contribution in [0.4, 0.5) is 9.59 Å². The zero-order valence-electron chi connectivity index (χ0n) is 16.2. The third-order valence-corrected chi connectivity index (χ3v) is 4.28. The van der Waals surface area contributed by atoms with E-state index in [9.17, 15) is 14.4 Å². The number of hydrogen-bond acceptors (Lipinski definition) is 5. The number of carbonyl (C=O) groups is 3. The molecule has 2 N–H and O–H groups in total. The number of ether oxygens (including phenoxy) is 2. The number of carbonyl (C=O) groups excluding carboxylic acids is 3. The third kappa shape index (κ3) is 5.60. The molecule has 0 saturated carbocycles.